The normalized spacial score (nSPS) is 24.9. The van der Waals surface area contributed by atoms with Crippen molar-refractivity contribution >= 4 is 0 Å². The van der Waals surface area contributed by atoms with E-state index < -0.39 is 23.4 Å². The van der Waals surface area contributed by atoms with Crippen LogP contribution in [0, 0.1) is 0 Å². The fraction of sp³-hybridized carbons (Fsp3) is 0.391. The summed E-state index contributed by atoms with van der Waals surface area (Å²) in [4.78, 5) is 0. The molecule has 0 bridgehead atoms. The molecule has 9 heteroatoms. The Morgan fingerprint density at radius 2 is 1.81 bits per heavy atom. The van der Waals surface area contributed by atoms with E-state index in [-0.39, 0.29) is 25.0 Å². The second kappa shape index (κ2) is 8.65. The zero-order valence-corrected chi connectivity index (χ0v) is 17.5. The molecular formula is C23H25F3N4O2. The number of hydrogen-bond donors (Lipinski definition) is 3. The van der Waals surface area contributed by atoms with E-state index in [0.29, 0.717) is 17.7 Å². The summed E-state index contributed by atoms with van der Waals surface area (Å²) in [5.74, 6) is 0. The molecule has 0 aliphatic carbocycles. The number of alkyl halides is 3. The van der Waals surface area contributed by atoms with Gasteiger partial charge in [0.2, 0.25) is 0 Å². The molecule has 1 fully saturated rings. The Morgan fingerprint density at radius 3 is 2.47 bits per heavy atom. The molecule has 4 rings (SSSR count). The number of aliphatic hydroxyl groups excluding tert-OH is 1. The Hall–Kier alpha value is -2.75. The Kier molecular flexibility index (Phi) is 6.07. The first-order valence-corrected chi connectivity index (χ1v) is 10.4. The van der Waals surface area contributed by atoms with E-state index >= 15 is 0 Å². The lowest BCUT2D eigenvalue weighted by Crippen LogP contribution is -2.47. The number of nitrogens with zero attached hydrogens (tertiary/aromatic N) is 3. The maximum atomic E-state index is 12.9. The summed E-state index contributed by atoms with van der Waals surface area (Å²) in [7, 11) is 0. The van der Waals surface area contributed by atoms with Gasteiger partial charge in [0.1, 0.15) is 0 Å². The summed E-state index contributed by atoms with van der Waals surface area (Å²) < 4.78 is 40.2. The third-order valence-electron chi connectivity index (χ3n) is 5.88. The van der Waals surface area contributed by atoms with E-state index in [2.05, 4.69) is 15.6 Å². The van der Waals surface area contributed by atoms with Crippen LogP contribution in [0.1, 0.15) is 54.3 Å². The third-order valence-corrected chi connectivity index (χ3v) is 5.88. The smallest absolute Gasteiger partial charge is 0.386 e. The van der Waals surface area contributed by atoms with Crippen LogP contribution in [0.5, 0.6) is 0 Å². The van der Waals surface area contributed by atoms with E-state index in [0.717, 1.165) is 17.7 Å². The van der Waals surface area contributed by atoms with Crippen LogP contribution in [0.2, 0.25) is 0 Å². The number of nitrogens with one attached hydrogen (secondary N) is 1. The highest BCUT2D eigenvalue weighted by molar-refractivity contribution is 5.30. The summed E-state index contributed by atoms with van der Waals surface area (Å²) in [5.41, 5.74) is -0.237. The average Bonchev–Trinajstić information content (AvgIpc) is 3.22. The van der Waals surface area contributed by atoms with Crippen molar-refractivity contribution in [1.82, 2.24) is 20.3 Å². The zero-order valence-electron chi connectivity index (χ0n) is 17.5. The van der Waals surface area contributed by atoms with Gasteiger partial charge in [0, 0.05) is 12.5 Å². The van der Waals surface area contributed by atoms with E-state index in [4.69, 9.17) is 0 Å². The average molecular weight is 446 g/mol. The first kappa shape index (κ1) is 22.4. The van der Waals surface area contributed by atoms with Crippen LogP contribution >= 0.6 is 0 Å². The Morgan fingerprint density at radius 1 is 1.12 bits per heavy atom. The summed E-state index contributed by atoms with van der Waals surface area (Å²) >= 11 is 0. The summed E-state index contributed by atoms with van der Waals surface area (Å²) in [5, 5.41) is 33.4. The van der Waals surface area contributed by atoms with E-state index in [1.54, 1.807) is 10.9 Å². The van der Waals surface area contributed by atoms with Crippen LogP contribution in [0.25, 0.3) is 0 Å². The molecule has 1 saturated heterocycles. The molecule has 4 atom stereocenters. The fourth-order valence-corrected chi connectivity index (χ4v) is 4.30. The van der Waals surface area contributed by atoms with Crippen LogP contribution in [-0.4, -0.2) is 31.2 Å². The quantitative estimate of drug-likeness (QED) is 0.556. The highest BCUT2D eigenvalue weighted by Crippen LogP contribution is 2.40. The van der Waals surface area contributed by atoms with Gasteiger partial charge in [-0.05, 0) is 36.6 Å². The molecule has 0 saturated carbocycles. The van der Waals surface area contributed by atoms with Gasteiger partial charge in [-0.1, -0.05) is 47.7 Å². The summed E-state index contributed by atoms with van der Waals surface area (Å²) in [6.07, 6.45) is -2.85. The van der Waals surface area contributed by atoms with Crippen molar-refractivity contribution in [3.8, 4) is 0 Å². The highest BCUT2D eigenvalue weighted by Gasteiger charge is 2.41. The SMILES string of the molecule is C[C@H]1CC(O)(c2ccc(C(F)(F)F)cc2)C[C@@H](c2cn(CC(O)c3ccccc3)nn2)N1. The molecule has 6 nitrogen and oxygen atoms in total. The molecule has 1 aliphatic heterocycles. The molecule has 2 unspecified atom stereocenters. The van der Waals surface area contributed by atoms with Gasteiger partial charge >= 0.3 is 6.18 Å². The molecular weight excluding hydrogens is 421 g/mol. The van der Waals surface area contributed by atoms with Gasteiger partial charge in [0.05, 0.1) is 41.7 Å². The standard InChI is InChI=1S/C23H25F3N4O2/c1-15-11-22(32,17-7-9-18(10-8-17)23(24,25)26)12-19(27-15)20-13-30(29-28-20)14-21(31)16-5-3-2-4-6-16/h2-10,13,15,19,21,27,31-32H,11-12,14H2,1H3/t15-,19-,21?,22?/m0/s1. The largest absolute Gasteiger partial charge is 0.416 e. The van der Waals surface area contributed by atoms with Gasteiger partial charge in [-0.25, -0.2) is 4.68 Å². The lowest BCUT2D eigenvalue weighted by Gasteiger charge is -2.40. The third kappa shape index (κ3) is 4.85. The molecule has 1 aromatic heterocycles. The predicted octanol–water partition coefficient (Wildman–Crippen LogP) is 3.73. The van der Waals surface area contributed by atoms with Crippen molar-refractivity contribution in [1.29, 1.82) is 0 Å². The van der Waals surface area contributed by atoms with Gasteiger partial charge in [0.25, 0.3) is 0 Å². The van der Waals surface area contributed by atoms with E-state index in [1.807, 2.05) is 37.3 Å². The van der Waals surface area contributed by atoms with Crippen LogP contribution in [0.15, 0.2) is 60.8 Å². The van der Waals surface area contributed by atoms with E-state index in [9.17, 15) is 23.4 Å². The van der Waals surface area contributed by atoms with Gasteiger partial charge in [-0.15, -0.1) is 5.10 Å². The van der Waals surface area contributed by atoms with Gasteiger partial charge in [-0.2, -0.15) is 13.2 Å². The van der Waals surface area contributed by atoms with E-state index in [1.165, 1.54) is 12.1 Å². The minimum atomic E-state index is -4.42. The Balaban J connectivity index is 1.50. The van der Waals surface area contributed by atoms with Crippen molar-refractivity contribution < 1.29 is 23.4 Å². The topological polar surface area (TPSA) is 83.2 Å². The molecule has 32 heavy (non-hydrogen) atoms. The summed E-state index contributed by atoms with van der Waals surface area (Å²) in [6.45, 7) is 2.13. The van der Waals surface area contributed by atoms with Crippen molar-refractivity contribution in [3.05, 3.63) is 83.2 Å². The fourth-order valence-electron chi connectivity index (χ4n) is 4.30. The maximum Gasteiger partial charge on any atom is 0.416 e. The number of rotatable bonds is 5. The lowest BCUT2D eigenvalue weighted by atomic mass is 9.78. The second-order valence-electron chi connectivity index (χ2n) is 8.43. The van der Waals surface area contributed by atoms with Crippen molar-refractivity contribution in [2.45, 2.75) is 56.3 Å². The predicted molar refractivity (Wildman–Crippen MR) is 111 cm³/mol. The Labute approximate surface area is 183 Å². The number of hydrogen-bond acceptors (Lipinski definition) is 5. The van der Waals surface area contributed by atoms with Gasteiger partial charge in [-0.3, -0.25) is 0 Å². The number of piperidine rings is 1. The number of aliphatic hydroxyl groups is 2. The minimum Gasteiger partial charge on any atom is -0.386 e. The van der Waals surface area contributed by atoms with Crippen LogP contribution < -0.4 is 5.32 Å². The number of benzene rings is 2. The van der Waals surface area contributed by atoms with Crippen LogP contribution in [-0.2, 0) is 18.3 Å². The van der Waals surface area contributed by atoms with Crippen molar-refractivity contribution in [2.24, 2.45) is 0 Å². The Bertz CT molecular complexity index is 1040. The molecule has 3 aromatic rings. The second-order valence-corrected chi connectivity index (χ2v) is 8.43. The molecule has 1 aliphatic rings. The van der Waals surface area contributed by atoms with Gasteiger partial charge in [0.15, 0.2) is 0 Å². The zero-order chi connectivity index (χ0) is 22.9. The maximum absolute atomic E-state index is 12.9. The molecule has 0 spiro atoms. The molecule has 170 valence electrons. The molecule has 2 aromatic carbocycles. The van der Waals surface area contributed by atoms with Crippen molar-refractivity contribution in [3.63, 3.8) is 0 Å². The monoisotopic (exact) mass is 446 g/mol. The van der Waals surface area contributed by atoms with Crippen LogP contribution in [0.4, 0.5) is 13.2 Å². The molecule has 2 heterocycles. The van der Waals surface area contributed by atoms with Gasteiger partial charge < -0.3 is 15.5 Å². The number of halogens is 3. The number of aromatic nitrogens is 3. The first-order valence-electron chi connectivity index (χ1n) is 10.4. The molecule has 0 amide bonds. The lowest BCUT2D eigenvalue weighted by molar-refractivity contribution is -0.137. The van der Waals surface area contributed by atoms with Crippen molar-refractivity contribution in [2.75, 3.05) is 0 Å². The minimum absolute atomic E-state index is 0.0962. The molecule has 0 radical (unpaired) electrons. The summed E-state index contributed by atoms with van der Waals surface area (Å²) in [6, 6.07) is 13.5. The van der Waals surface area contributed by atoms with Crippen LogP contribution in [0.3, 0.4) is 0 Å². The molecule has 3 N–H and O–H groups in total. The first-order chi connectivity index (χ1) is 15.1. The highest BCUT2D eigenvalue weighted by atomic mass is 19.4.